The molecular formula is C7H13N. The van der Waals surface area contributed by atoms with Crippen molar-refractivity contribution in [2.75, 3.05) is 0 Å². The Morgan fingerprint density at radius 3 is 2.75 bits per heavy atom. The third kappa shape index (κ3) is 3.59. The molecule has 0 aliphatic rings. The molecule has 1 nitrogen and oxygen atoms in total. The predicted octanol–water partition coefficient (Wildman–Crippen LogP) is 2.04. The molecule has 0 aromatic heterocycles. The zero-order valence-corrected chi connectivity index (χ0v) is 5.59. The highest BCUT2D eigenvalue weighted by atomic mass is 14.7. The fraction of sp³-hybridized carbons (Fsp3) is 0.571. The van der Waals surface area contributed by atoms with Crippen LogP contribution in [0.25, 0.3) is 0 Å². The second kappa shape index (κ2) is 4.57. The molecule has 0 heterocycles. The molecule has 0 aliphatic carbocycles. The van der Waals surface area contributed by atoms with Crippen molar-refractivity contribution in [2.45, 2.75) is 26.3 Å². The van der Waals surface area contributed by atoms with Crippen molar-refractivity contribution in [2.24, 2.45) is 4.99 Å². The van der Waals surface area contributed by atoms with Crippen molar-refractivity contribution in [1.29, 1.82) is 0 Å². The normalized spacial score (nSPS) is 14.2. The molecule has 0 aromatic carbocycles. The van der Waals surface area contributed by atoms with Gasteiger partial charge in [-0.1, -0.05) is 19.6 Å². The van der Waals surface area contributed by atoms with Crippen LogP contribution in [0.5, 0.6) is 0 Å². The molecule has 46 valence electrons. The summed E-state index contributed by atoms with van der Waals surface area (Å²) in [6, 6.07) is 0.452. The lowest BCUT2D eigenvalue weighted by molar-refractivity contribution is 0.721. The van der Waals surface area contributed by atoms with Crippen LogP contribution in [0.15, 0.2) is 17.6 Å². The zero-order valence-electron chi connectivity index (χ0n) is 5.59. The first-order valence-corrected chi connectivity index (χ1v) is 2.95. The molecule has 8 heavy (non-hydrogen) atoms. The van der Waals surface area contributed by atoms with Crippen molar-refractivity contribution < 1.29 is 0 Å². The van der Waals surface area contributed by atoms with Gasteiger partial charge in [-0.25, -0.2) is 0 Å². The molecule has 0 N–H and O–H groups in total. The summed E-state index contributed by atoms with van der Waals surface area (Å²) < 4.78 is 0. The van der Waals surface area contributed by atoms with Gasteiger partial charge in [0.25, 0.3) is 0 Å². The second-order valence-electron chi connectivity index (χ2n) is 1.79. The zero-order chi connectivity index (χ0) is 6.41. The summed E-state index contributed by atoms with van der Waals surface area (Å²) >= 11 is 0. The molecule has 0 saturated heterocycles. The van der Waals surface area contributed by atoms with E-state index >= 15 is 0 Å². The molecule has 0 fully saturated rings. The molecular weight excluding hydrogens is 98.1 g/mol. The number of nitrogens with zero attached hydrogens (tertiary/aromatic N) is 1. The van der Waals surface area contributed by atoms with Gasteiger partial charge in [0.1, 0.15) is 0 Å². The summed E-state index contributed by atoms with van der Waals surface area (Å²) in [5, 5.41) is 0. The van der Waals surface area contributed by atoms with Crippen LogP contribution in [0.2, 0.25) is 0 Å². The van der Waals surface area contributed by atoms with E-state index in [4.69, 9.17) is 0 Å². The monoisotopic (exact) mass is 111 g/mol. The lowest BCUT2D eigenvalue weighted by atomic mass is 10.3. The van der Waals surface area contributed by atoms with Crippen LogP contribution >= 0.6 is 0 Å². The Morgan fingerprint density at radius 2 is 2.38 bits per heavy atom. The molecule has 1 atom stereocenters. The Balaban J connectivity index is 3.35. The van der Waals surface area contributed by atoms with Gasteiger partial charge in [-0.05, 0) is 13.3 Å². The average molecular weight is 111 g/mol. The minimum Gasteiger partial charge on any atom is -0.290 e. The van der Waals surface area contributed by atoms with Gasteiger partial charge in [-0.15, -0.1) is 0 Å². The van der Waals surface area contributed by atoms with Crippen molar-refractivity contribution in [3.63, 3.8) is 0 Å². The molecule has 0 aliphatic heterocycles. The first-order chi connectivity index (χ1) is 3.81. The van der Waals surface area contributed by atoms with E-state index < -0.39 is 0 Å². The summed E-state index contributed by atoms with van der Waals surface area (Å²) in [5.41, 5.74) is 0. The van der Waals surface area contributed by atoms with E-state index in [1.165, 1.54) is 0 Å². The predicted molar refractivity (Wildman–Crippen MR) is 38.4 cm³/mol. The summed E-state index contributed by atoms with van der Waals surface area (Å²) in [5.74, 6) is 0. The molecule has 0 rings (SSSR count). The standard InChI is InChI=1S/C7H13N/c1-4-6-8-7(3)5-2/h4,6-7H,1,5H2,2-3H3/t7-/m0/s1. The summed E-state index contributed by atoms with van der Waals surface area (Å²) in [6.45, 7) is 7.72. The summed E-state index contributed by atoms with van der Waals surface area (Å²) in [6.07, 6.45) is 4.55. The van der Waals surface area contributed by atoms with Gasteiger partial charge in [0.05, 0.1) is 0 Å². The van der Waals surface area contributed by atoms with Crippen LogP contribution in [-0.2, 0) is 0 Å². The smallest absolute Gasteiger partial charge is 0.0468 e. The van der Waals surface area contributed by atoms with E-state index in [0.29, 0.717) is 6.04 Å². The number of aliphatic imine (C=N–C) groups is 1. The minimum atomic E-state index is 0.452. The molecule has 0 amide bonds. The molecule has 0 spiro atoms. The van der Waals surface area contributed by atoms with Gasteiger partial charge in [0.2, 0.25) is 0 Å². The topological polar surface area (TPSA) is 12.4 Å². The number of hydrogen-bond donors (Lipinski definition) is 0. The highest BCUT2D eigenvalue weighted by molar-refractivity contribution is 5.70. The molecule has 0 unspecified atom stereocenters. The van der Waals surface area contributed by atoms with E-state index in [1.807, 2.05) is 0 Å². The van der Waals surface area contributed by atoms with Crippen molar-refractivity contribution in [3.8, 4) is 0 Å². The fourth-order valence-corrected chi connectivity index (χ4v) is 0.313. The highest BCUT2D eigenvalue weighted by Crippen LogP contribution is 1.91. The largest absolute Gasteiger partial charge is 0.290 e. The van der Waals surface area contributed by atoms with Gasteiger partial charge in [0, 0.05) is 12.3 Å². The lowest BCUT2D eigenvalue weighted by Crippen LogP contribution is -1.92. The van der Waals surface area contributed by atoms with Crippen LogP contribution in [0.4, 0.5) is 0 Å². The van der Waals surface area contributed by atoms with Crippen LogP contribution in [0.3, 0.4) is 0 Å². The molecule has 0 radical (unpaired) electrons. The Labute approximate surface area is 51.1 Å². The SMILES string of the molecule is C=CC=N[C@@H](C)CC. The van der Waals surface area contributed by atoms with E-state index in [9.17, 15) is 0 Å². The van der Waals surface area contributed by atoms with E-state index in [-0.39, 0.29) is 0 Å². The molecule has 1 heteroatoms. The third-order valence-corrected chi connectivity index (χ3v) is 1.04. The number of allylic oxidation sites excluding steroid dienone is 1. The van der Waals surface area contributed by atoms with Crippen LogP contribution in [0, 0.1) is 0 Å². The van der Waals surface area contributed by atoms with Crippen molar-refractivity contribution in [3.05, 3.63) is 12.7 Å². The van der Waals surface area contributed by atoms with Crippen LogP contribution in [-0.4, -0.2) is 12.3 Å². The Bertz CT molecular complexity index is 84.4. The van der Waals surface area contributed by atoms with E-state index in [0.717, 1.165) is 6.42 Å². The Hall–Kier alpha value is -0.590. The minimum absolute atomic E-state index is 0.452. The molecule has 0 aromatic rings. The fourth-order valence-electron chi connectivity index (χ4n) is 0.313. The maximum atomic E-state index is 4.12. The maximum absolute atomic E-state index is 4.12. The van der Waals surface area contributed by atoms with Gasteiger partial charge < -0.3 is 0 Å². The first kappa shape index (κ1) is 7.41. The Kier molecular flexibility index (Phi) is 4.23. The van der Waals surface area contributed by atoms with Crippen LogP contribution in [0.1, 0.15) is 20.3 Å². The summed E-state index contributed by atoms with van der Waals surface area (Å²) in [7, 11) is 0. The van der Waals surface area contributed by atoms with Gasteiger partial charge in [-0.2, -0.15) is 0 Å². The third-order valence-electron chi connectivity index (χ3n) is 1.04. The molecule has 0 bridgehead atoms. The lowest BCUT2D eigenvalue weighted by Gasteiger charge is -1.96. The number of rotatable bonds is 3. The van der Waals surface area contributed by atoms with E-state index in [1.54, 1.807) is 12.3 Å². The van der Waals surface area contributed by atoms with Gasteiger partial charge >= 0.3 is 0 Å². The van der Waals surface area contributed by atoms with E-state index in [2.05, 4.69) is 25.4 Å². The van der Waals surface area contributed by atoms with Gasteiger partial charge in [-0.3, -0.25) is 4.99 Å². The average Bonchev–Trinajstić information content (AvgIpc) is 1.83. The second-order valence-corrected chi connectivity index (χ2v) is 1.79. The summed E-state index contributed by atoms with van der Waals surface area (Å²) in [4.78, 5) is 4.12. The number of hydrogen-bond acceptors (Lipinski definition) is 1. The molecule has 0 saturated carbocycles. The van der Waals surface area contributed by atoms with Crippen LogP contribution < -0.4 is 0 Å². The highest BCUT2D eigenvalue weighted by Gasteiger charge is 1.87. The van der Waals surface area contributed by atoms with Crippen molar-refractivity contribution >= 4 is 6.21 Å². The van der Waals surface area contributed by atoms with Gasteiger partial charge in [0.15, 0.2) is 0 Å². The maximum Gasteiger partial charge on any atom is 0.0468 e. The Morgan fingerprint density at radius 1 is 1.75 bits per heavy atom. The first-order valence-electron chi connectivity index (χ1n) is 2.95. The quantitative estimate of drug-likeness (QED) is 0.494. The van der Waals surface area contributed by atoms with Crippen molar-refractivity contribution in [1.82, 2.24) is 0 Å².